The molecule has 0 aliphatic heterocycles. The summed E-state index contributed by atoms with van der Waals surface area (Å²) in [5.74, 6) is 0.980. The van der Waals surface area contributed by atoms with E-state index in [0.29, 0.717) is 17.9 Å². The van der Waals surface area contributed by atoms with E-state index in [-0.39, 0.29) is 29.8 Å². The number of rotatable bonds is 8. The second-order valence-corrected chi connectivity index (χ2v) is 9.04. The molecule has 5 heteroatoms. The minimum Gasteiger partial charge on any atom is -0.493 e. The third-order valence-corrected chi connectivity index (χ3v) is 5.42. The summed E-state index contributed by atoms with van der Waals surface area (Å²) in [7, 11) is 0. The lowest BCUT2D eigenvalue weighted by atomic mass is 9.86. The first-order valence-electron chi connectivity index (χ1n) is 11.2. The van der Waals surface area contributed by atoms with Crippen molar-refractivity contribution >= 4 is 5.91 Å². The summed E-state index contributed by atoms with van der Waals surface area (Å²) in [6, 6.07) is 19.2. The van der Waals surface area contributed by atoms with Gasteiger partial charge in [-0.05, 0) is 66.8 Å². The lowest BCUT2D eigenvalue weighted by Gasteiger charge is -2.23. The van der Waals surface area contributed by atoms with E-state index in [9.17, 15) is 9.18 Å². The Bertz CT molecular complexity index is 1090. The number of para-hydroxylation sites is 1. The quantitative estimate of drug-likeness (QED) is 0.422. The molecule has 174 valence electrons. The molecule has 4 nitrogen and oxygen atoms in total. The Morgan fingerprint density at radius 3 is 2.33 bits per heavy atom. The summed E-state index contributed by atoms with van der Waals surface area (Å²) in [5, 5.41) is 2.97. The van der Waals surface area contributed by atoms with Crippen molar-refractivity contribution in [1.82, 2.24) is 5.32 Å². The van der Waals surface area contributed by atoms with Gasteiger partial charge in [0, 0.05) is 11.1 Å². The fraction of sp³-hybridized carbons (Fsp3) is 0.321. The molecule has 0 heterocycles. The lowest BCUT2D eigenvalue weighted by molar-refractivity contribution is 0.0939. The Labute approximate surface area is 195 Å². The van der Waals surface area contributed by atoms with Crippen LogP contribution in [0.1, 0.15) is 67.7 Å². The number of hydrogen-bond acceptors (Lipinski definition) is 3. The SMILES string of the molecule is CCOc1ccc(C(=O)NC(C)c2ccc(F)cc2)cc1COc1ccccc1C(C)(C)C. The fourth-order valence-electron chi connectivity index (χ4n) is 3.61. The lowest BCUT2D eigenvalue weighted by Crippen LogP contribution is -2.26. The molecule has 3 aromatic rings. The van der Waals surface area contributed by atoms with Gasteiger partial charge in [0.05, 0.1) is 12.6 Å². The molecular formula is C28H32FNO3. The average molecular weight is 450 g/mol. The number of carbonyl (C=O) groups is 1. The fourth-order valence-corrected chi connectivity index (χ4v) is 3.61. The number of halogens is 1. The van der Waals surface area contributed by atoms with Crippen molar-refractivity contribution in [2.45, 2.75) is 52.7 Å². The van der Waals surface area contributed by atoms with Gasteiger partial charge in [0.1, 0.15) is 23.9 Å². The van der Waals surface area contributed by atoms with Crippen molar-refractivity contribution in [2.24, 2.45) is 0 Å². The molecule has 0 aromatic heterocycles. The van der Waals surface area contributed by atoms with Gasteiger partial charge in [-0.2, -0.15) is 0 Å². The number of amides is 1. The minimum atomic E-state index is -0.304. The Morgan fingerprint density at radius 1 is 0.970 bits per heavy atom. The predicted octanol–water partition coefficient (Wildman–Crippen LogP) is 6.59. The van der Waals surface area contributed by atoms with E-state index < -0.39 is 0 Å². The van der Waals surface area contributed by atoms with Gasteiger partial charge >= 0.3 is 0 Å². The smallest absolute Gasteiger partial charge is 0.251 e. The first-order chi connectivity index (χ1) is 15.7. The van der Waals surface area contributed by atoms with Crippen LogP contribution in [0.25, 0.3) is 0 Å². The molecule has 0 radical (unpaired) electrons. The van der Waals surface area contributed by atoms with Gasteiger partial charge in [0.15, 0.2) is 0 Å². The van der Waals surface area contributed by atoms with Crippen molar-refractivity contribution in [1.29, 1.82) is 0 Å². The van der Waals surface area contributed by atoms with Crippen LogP contribution in [0, 0.1) is 5.82 Å². The molecule has 0 spiro atoms. The Kier molecular flexibility index (Phi) is 7.75. The van der Waals surface area contributed by atoms with Crippen LogP contribution in [0.15, 0.2) is 66.7 Å². The zero-order valence-electron chi connectivity index (χ0n) is 19.9. The van der Waals surface area contributed by atoms with E-state index in [1.165, 1.54) is 12.1 Å². The van der Waals surface area contributed by atoms with Gasteiger partial charge in [-0.3, -0.25) is 4.79 Å². The molecule has 1 amide bonds. The number of carbonyl (C=O) groups excluding carboxylic acids is 1. The first kappa shape index (κ1) is 24.3. The topological polar surface area (TPSA) is 47.6 Å². The molecule has 1 atom stereocenters. The Balaban J connectivity index is 1.79. The zero-order valence-corrected chi connectivity index (χ0v) is 19.9. The van der Waals surface area contributed by atoms with Crippen LogP contribution in [0.2, 0.25) is 0 Å². The van der Waals surface area contributed by atoms with Crippen LogP contribution >= 0.6 is 0 Å². The summed E-state index contributed by atoms with van der Waals surface area (Å²) in [5.41, 5.74) is 3.19. The highest BCUT2D eigenvalue weighted by molar-refractivity contribution is 5.94. The molecule has 0 bridgehead atoms. The predicted molar refractivity (Wildman–Crippen MR) is 129 cm³/mol. The van der Waals surface area contributed by atoms with E-state index in [0.717, 1.165) is 22.4 Å². The zero-order chi connectivity index (χ0) is 24.0. The molecule has 3 rings (SSSR count). The molecule has 3 aromatic carbocycles. The second-order valence-electron chi connectivity index (χ2n) is 9.04. The van der Waals surface area contributed by atoms with Gasteiger partial charge in [-0.25, -0.2) is 4.39 Å². The van der Waals surface area contributed by atoms with E-state index in [2.05, 4.69) is 32.2 Å². The maximum absolute atomic E-state index is 13.2. The molecule has 1 unspecified atom stereocenters. The molecule has 0 fully saturated rings. The summed E-state index contributed by atoms with van der Waals surface area (Å²) >= 11 is 0. The maximum atomic E-state index is 13.2. The number of nitrogens with one attached hydrogen (secondary N) is 1. The van der Waals surface area contributed by atoms with E-state index in [4.69, 9.17) is 9.47 Å². The highest BCUT2D eigenvalue weighted by atomic mass is 19.1. The van der Waals surface area contributed by atoms with Crippen molar-refractivity contribution < 1.29 is 18.7 Å². The van der Waals surface area contributed by atoms with Crippen molar-refractivity contribution in [2.75, 3.05) is 6.61 Å². The third kappa shape index (κ3) is 6.35. The largest absolute Gasteiger partial charge is 0.493 e. The molecule has 0 saturated heterocycles. The van der Waals surface area contributed by atoms with Crippen LogP contribution in [-0.2, 0) is 12.0 Å². The van der Waals surface area contributed by atoms with Gasteiger partial charge in [0.2, 0.25) is 0 Å². The van der Waals surface area contributed by atoms with Crippen molar-refractivity contribution in [3.63, 3.8) is 0 Å². The molecule has 0 aliphatic rings. The summed E-state index contributed by atoms with van der Waals surface area (Å²) in [4.78, 5) is 12.9. The minimum absolute atomic E-state index is 0.0580. The summed E-state index contributed by atoms with van der Waals surface area (Å²) in [6.07, 6.45) is 0. The van der Waals surface area contributed by atoms with Crippen LogP contribution < -0.4 is 14.8 Å². The highest BCUT2D eigenvalue weighted by Crippen LogP contribution is 2.32. The summed E-state index contributed by atoms with van der Waals surface area (Å²) in [6.45, 7) is 11.0. The molecule has 0 aliphatic carbocycles. The van der Waals surface area contributed by atoms with E-state index in [1.54, 1.807) is 30.3 Å². The Hall–Kier alpha value is -3.34. The third-order valence-electron chi connectivity index (χ3n) is 5.42. The van der Waals surface area contributed by atoms with Crippen LogP contribution in [0.3, 0.4) is 0 Å². The van der Waals surface area contributed by atoms with Gasteiger partial charge in [0.25, 0.3) is 5.91 Å². The first-order valence-corrected chi connectivity index (χ1v) is 11.2. The number of ether oxygens (including phenoxy) is 2. The van der Waals surface area contributed by atoms with E-state index in [1.807, 2.05) is 32.0 Å². The molecular weight excluding hydrogens is 417 g/mol. The number of hydrogen-bond donors (Lipinski definition) is 1. The highest BCUT2D eigenvalue weighted by Gasteiger charge is 2.19. The van der Waals surface area contributed by atoms with Gasteiger partial charge < -0.3 is 14.8 Å². The normalized spacial score (nSPS) is 12.2. The number of benzene rings is 3. The van der Waals surface area contributed by atoms with Gasteiger partial charge in [-0.1, -0.05) is 51.1 Å². The monoisotopic (exact) mass is 449 g/mol. The summed E-state index contributed by atoms with van der Waals surface area (Å²) < 4.78 is 25.2. The van der Waals surface area contributed by atoms with Crippen molar-refractivity contribution in [3.8, 4) is 11.5 Å². The maximum Gasteiger partial charge on any atom is 0.251 e. The van der Waals surface area contributed by atoms with Crippen LogP contribution in [0.4, 0.5) is 4.39 Å². The molecule has 33 heavy (non-hydrogen) atoms. The van der Waals surface area contributed by atoms with Crippen molar-refractivity contribution in [3.05, 3.63) is 94.8 Å². The second kappa shape index (κ2) is 10.5. The molecule has 1 N–H and O–H groups in total. The average Bonchev–Trinajstić information content (AvgIpc) is 2.78. The van der Waals surface area contributed by atoms with Crippen LogP contribution in [0.5, 0.6) is 11.5 Å². The Morgan fingerprint density at radius 2 is 1.67 bits per heavy atom. The van der Waals surface area contributed by atoms with E-state index >= 15 is 0 Å². The van der Waals surface area contributed by atoms with Gasteiger partial charge in [-0.15, -0.1) is 0 Å². The standard InChI is InChI=1S/C28H32FNO3/c1-6-32-25-16-13-21(27(31)30-19(2)20-11-14-23(29)15-12-20)17-22(25)18-33-26-10-8-7-9-24(26)28(3,4)5/h7-17,19H,6,18H2,1-5H3,(H,30,31). The van der Waals surface area contributed by atoms with Crippen LogP contribution in [-0.4, -0.2) is 12.5 Å². The molecule has 0 saturated carbocycles.